The van der Waals surface area contributed by atoms with Crippen molar-refractivity contribution in [1.29, 1.82) is 0 Å². The minimum Gasteiger partial charge on any atom is -0.457 e. The van der Waals surface area contributed by atoms with E-state index in [0.717, 1.165) is 22.6 Å². The third kappa shape index (κ3) is 5.76. The summed E-state index contributed by atoms with van der Waals surface area (Å²) in [5.74, 6) is 2.35. The van der Waals surface area contributed by atoms with Crippen molar-refractivity contribution in [2.45, 2.75) is 65.8 Å². The highest BCUT2D eigenvalue weighted by Gasteiger charge is 2.20. The van der Waals surface area contributed by atoms with Crippen molar-refractivity contribution in [3.63, 3.8) is 0 Å². The Hall–Kier alpha value is -2.59. The van der Waals surface area contributed by atoms with Gasteiger partial charge in [0, 0.05) is 16.6 Å². The van der Waals surface area contributed by atoms with Gasteiger partial charge in [0.25, 0.3) is 0 Å². The predicted molar refractivity (Wildman–Crippen MR) is 138 cm³/mol. The maximum atomic E-state index is 6.44. The Kier molecular flexibility index (Phi) is 6.90. The Labute approximate surface area is 192 Å². The Morgan fingerprint density at radius 2 is 1.45 bits per heavy atom. The Bertz CT molecular complexity index is 1050. The third-order valence-corrected chi connectivity index (χ3v) is 5.33. The molecular weight excluding hydrogens is 400 g/mol. The van der Waals surface area contributed by atoms with Crippen LogP contribution in [0.4, 0.5) is 5.69 Å². The number of benzene rings is 3. The van der Waals surface area contributed by atoms with E-state index in [2.05, 4.69) is 95.5 Å². The molecule has 0 saturated carbocycles. The van der Waals surface area contributed by atoms with Crippen LogP contribution in [0.15, 0.2) is 54.6 Å². The fourth-order valence-corrected chi connectivity index (χ4v) is 4.08. The van der Waals surface area contributed by atoms with Crippen LogP contribution >= 0.6 is 12.2 Å². The molecule has 0 unspecified atom stereocenters. The molecule has 0 fully saturated rings. The van der Waals surface area contributed by atoms with Crippen molar-refractivity contribution >= 4 is 33.8 Å². The van der Waals surface area contributed by atoms with Gasteiger partial charge < -0.3 is 15.4 Å². The highest BCUT2D eigenvalue weighted by molar-refractivity contribution is 7.80. The van der Waals surface area contributed by atoms with E-state index in [4.69, 9.17) is 17.0 Å². The molecule has 2 N–H and O–H groups in total. The van der Waals surface area contributed by atoms with E-state index >= 15 is 0 Å². The van der Waals surface area contributed by atoms with Gasteiger partial charge in [0.1, 0.15) is 11.5 Å². The fourth-order valence-electron chi connectivity index (χ4n) is 3.67. The smallest absolute Gasteiger partial charge is 0.171 e. The lowest BCUT2D eigenvalue weighted by molar-refractivity contribution is 0.486. The second kappa shape index (κ2) is 9.27. The summed E-state index contributed by atoms with van der Waals surface area (Å²) in [6.45, 7) is 15.1. The van der Waals surface area contributed by atoms with Crippen LogP contribution in [0, 0.1) is 0 Å². The second-order valence-electron chi connectivity index (χ2n) is 9.69. The van der Waals surface area contributed by atoms with Crippen molar-refractivity contribution in [2.24, 2.45) is 0 Å². The monoisotopic (exact) mass is 434 g/mol. The molecule has 3 rings (SSSR count). The number of anilines is 1. The average molecular weight is 435 g/mol. The molecule has 0 aliphatic carbocycles. The van der Waals surface area contributed by atoms with E-state index in [-0.39, 0.29) is 5.54 Å². The molecule has 3 nitrogen and oxygen atoms in total. The molecule has 31 heavy (non-hydrogen) atoms. The molecule has 0 amide bonds. The fraction of sp³-hybridized carbons (Fsp3) is 0.370. The molecule has 0 atom stereocenters. The molecule has 0 bridgehead atoms. The van der Waals surface area contributed by atoms with E-state index in [1.807, 2.05) is 18.2 Å². The largest absolute Gasteiger partial charge is 0.457 e. The Balaban J connectivity index is 2.04. The quantitative estimate of drug-likeness (QED) is 0.399. The normalized spacial score (nSPS) is 11.8. The van der Waals surface area contributed by atoms with Crippen LogP contribution in [0.5, 0.6) is 11.5 Å². The number of rotatable bonds is 5. The van der Waals surface area contributed by atoms with Crippen molar-refractivity contribution in [3.8, 4) is 11.5 Å². The van der Waals surface area contributed by atoms with Gasteiger partial charge in [-0.3, -0.25) is 0 Å². The van der Waals surface area contributed by atoms with Gasteiger partial charge in [0.2, 0.25) is 0 Å². The van der Waals surface area contributed by atoms with E-state index < -0.39 is 0 Å². The molecule has 0 aliphatic rings. The Morgan fingerprint density at radius 1 is 0.871 bits per heavy atom. The number of thiocarbonyl (C=S) groups is 1. The highest BCUT2D eigenvalue weighted by Crippen LogP contribution is 2.39. The summed E-state index contributed by atoms with van der Waals surface area (Å²) in [7, 11) is 0. The van der Waals surface area contributed by atoms with Gasteiger partial charge in [-0.15, -0.1) is 0 Å². The summed E-state index contributed by atoms with van der Waals surface area (Å²) in [6, 6.07) is 18.8. The lowest BCUT2D eigenvalue weighted by Crippen LogP contribution is -2.43. The summed E-state index contributed by atoms with van der Waals surface area (Å²) in [6.07, 6.45) is 0. The molecule has 0 radical (unpaired) electrons. The number of hydrogen-bond acceptors (Lipinski definition) is 2. The molecule has 0 saturated heterocycles. The zero-order valence-corrected chi connectivity index (χ0v) is 20.5. The van der Waals surface area contributed by atoms with Gasteiger partial charge in [0.15, 0.2) is 5.11 Å². The van der Waals surface area contributed by atoms with Crippen LogP contribution in [0.25, 0.3) is 10.8 Å². The van der Waals surface area contributed by atoms with Crippen LogP contribution in [0.1, 0.15) is 71.4 Å². The number of ether oxygens (including phenoxy) is 1. The summed E-state index contributed by atoms with van der Waals surface area (Å²) in [5, 5.41) is 9.77. The predicted octanol–water partition coefficient (Wildman–Crippen LogP) is 7.96. The summed E-state index contributed by atoms with van der Waals surface area (Å²) < 4.78 is 6.44. The number of hydrogen-bond donors (Lipinski definition) is 2. The minimum atomic E-state index is -0.0997. The topological polar surface area (TPSA) is 33.3 Å². The SMILES string of the molecule is CC(C)c1cc(Oc2cccc3ccccc23)cc(C(C)C)c1NC(=S)NC(C)(C)C. The van der Waals surface area contributed by atoms with E-state index in [1.54, 1.807) is 0 Å². The molecule has 164 valence electrons. The van der Waals surface area contributed by atoms with Gasteiger partial charge >= 0.3 is 0 Å². The molecule has 3 aromatic carbocycles. The molecule has 0 aliphatic heterocycles. The average Bonchev–Trinajstić information content (AvgIpc) is 2.67. The van der Waals surface area contributed by atoms with Crippen molar-refractivity contribution < 1.29 is 4.74 Å². The first-order valence-electron chi connectivity index (χ1n) is 11.0. The van der Waals surface area contributed by atoms with Crippen LogP contribution in [0.2, 0.25) is 0 Å². The first kappa shape index (κ1) is 23.1. The third-order valence-electron chi connectivity index (χ3n) is 5.12. The Morgan fingerprint density at radius 3 is 2.03 bits per heavy atom. The molecule has 4 heteroatoms. The van der Waals surface area contributed by atoms with Crippen LogP contribution in [0.3, 0.4) is 0 Å². The molecule has 0 aromatic heterocycles. The van der Waals surface area contributed by atoms with E-state index in [1.165, 1.54) is 16.5 Å². The van der Waals surface area contributed by atoms with Gasteiger partial charge in [-0.2, -0.15) is 0 Å². The van der Waals surface area contributed by atoms with Crippen LogP contribution in [-0.2, 0) is 0 Å². The zero-order chi connectivity index (χ0) is 22.8. The lowest BCUT2D eigenvalue weighted by Gasteiger charge is -2.27. The zero-order valence-electron chi connectivity index (χ0n) is 19.7. The highest BCUT2D eigenvalue weighted by atomic mass is 32.1. The first-order chi connectivity index (χ1) is 14.5. The van der Waals surface area contributed by atoms with Crippen molar-refractivity contribution in [1.82, 2.24) is 5.32 Å². The van der Waals surface area contributed by atoms with Crippen LogP contribution in [-0.4, -0.2) is 10.7 Å². The van der Waals surface area contributed by atoms with E-state index in [0.29, 0.717) is 16.9 Å². The summed E-state index contributed by atoms with van der Waals surface area (Å²) in [4.78, 5) is 0. The maximum Gasteiger partial charge on any atom is 0.171 e. The molecule has 3 aromatic rings. The van der Waals surface area contributed by atoms with Crippen molar-refractivity contribution in [3.05, 3.63) is 65.7 Å². The van der Waals surface area contributed by atoms with Gasteiger partial charge in [0.05, 0.1) is 0 Å². The van der Waals surface area contributed by atoms with Crippen LogP contribution < -0.4 is 15.4 Å². The number of fused-ring (bicyclic) bond motifs is 1. The van der Waals surface area contributed by atoms with Gasteiger partial charge in [-0.1, -0.05) is 64.1 Å². The summed E-state index contributed by atoms with van der Waals surface area (Å²) >= 11 is 5.61. The summed E-state index contributed by atoms with van der Waals surface area (Å²) in [5.41, 5.74) is 3.37. The minimum absolute atomic E-state index is 0.0997. The molecule has 0 spiro atoms. The molecule has 0 heterocycles. The van der Waals surface area contributed by atoms with Crippen molar-refractivity contribution in [2.75, 3.05) is 5.32 Å². The van der Waals surface area contributed by atoms with Gasteiger partial charge in [-0.05, 0) is 79.5 Å². The number of nitrogens with one attached hydrogen (secondary N) is 2. The van der Waals surface area contributed by atoms with E-state index in [9.17, 15) is 0 Å². The maximum absolute atomic E-state index is 6.44. The second-order valence-corrected chi connectivity index (χ2v) is 10.1. The lowest BCUT2D eigenvalue weighted by atomic mass is 9.92. The van der Waals surface area contributed by atoms with Gasteiger partial charge in [-0.25, -0.2) is 0 Å². The molecular formula is C27H34N2OS. The first-order valence-corrected chi connectivity index (χ1v) is 11.4. The standard InChI is InChI=1S/C27H34N2OS/c1-17(2)22-15-20(30-24-14-10-12-19-11-8-9-13-21(19)24)16-23(18(3)4)25(22)28-26(31)29-27(5,6)7/h8-18H,1-7H3,(H2,28,29,31).